The van der Waals surface area contributed by atoms with E-state index >= 15 is 0 Å². The summed E-state index contributed by atoms with van der Waals surface area (Å²) in [6.45, 7) is 2.50. The fourth-order valence-corrected chi connectivity index (χ4v) is 3.41. The van der Waals surface area contributed by atoms with Crippen molar-refractivity contribution in [2.75, 3.05) is 0 Å². The van der Waals surface area contributed by atoms with Crippen LogP contribution in [0.2, 0.25) is 0 Å². The van der Waals surface area contributed by atoms with Crippen molar-refractivity contribution in [3.63, 3.8) is 0 Å². The van der Waals surface area contributed by atoms with Crippen LogP contribution in [0.15, 0.2) is 72.8 Å². The minimum absolute atomic E-state index is 0.0530. The number of hydrogen-bond acceptors (Lipinski definition) is 3. The van der Waals surface area contributed by atoms with Crippen molar-refractivity contribution < 1.29 is 14.0 Å². The van der Waals surface area contributed by atoms with Gasteiger partial charge < -0.3 is 15.2 Å². The Hall–Kier alpha value is -4.00. The van der Waals surface area contributed by atoms with Crippen LogP contribution in [0.5, 0.6) is 0 Å². The number of aryl methyl sites for hydroxylation is 1. The van der Waals surface area contributed by atoms with Crippen molar-refractivity contribution in [2.45, 2.75) is 26.6 Å². The zero-order valence-electron chi connectivity index (χ0n) is 17.6. The highest BCUT2D eigenvalue weighted by molar-refractivity contribution is 5.94. The Kier molecular flexibility index (Phi) is 6.26. The Labute approximate surface area is 185 Å². The molecule has 0 fully saturated rings. The maximum absolute atomic E-state index is 13.1. The zero-order chi connectivity index (χ0) is 22.5. The van der Waals surface area contributed by atoms with Gasteiger partial charge in [0, 0.05) is 12.1 Å². The lowest BCUT2D eigenvalue weighted by atomic mass is 10.1. The molecule has 0 aliphatic heterocycles. The predicted octanol–water partition coefficient (Wildman–Crippen LogP) is 3.73. The first-order chi connectivity index (χ1) is 15.5. The number of halogens is 1. The number of aromatic nitrogens is 2. The van der Waals surface area contributed by atoms with Crippen LogP contribution in [0.3, 0.4) is 0 Å². The molecule has 1 aromatic heterocycles. The van der Waals surface area contributed by atoms with Gasteiger partial charge in [-0.2, -0.15) is 0 Å². The maximum Gasteiger partial charge on any atom is 0.251 e. The van der Waals surface area contributed by atoms with Crippen LogP contribution in [0, 0.1) is 12.7 Å². The predicted molar refractivity (Wildman–Crippen MR) is 120 cm³/mol. The van der Waals surface area contributed by atoms with Gasteiger partial charge in [0.05, 0.1) is 17.6 Å². The van der Waals surface area contributed by atoms with Crippen molar-refractivity contribution in [1.29, 1.82) is 0 Å². The molecule has 0 aliphatic rings. The number of imidazole rings is 1. The third-order valence-electron chi connectivity index (χ3n) is 5.16. The second-order valence-corrected chi connectivity index (χ2v) is 7.55. The van der Waals surface area contributed by atoms with Gasteiger partial charge in [0.1, 0.15) is 18.2 Å². The molecule has 0 saturated carbocycles. The molecule has 2 N–H and O–H groups in total. The van der Waals surface area contributed by atoms with Gasteiger partial charge in [0.15, 0.2) is 0 Å². The summed E-state index contributed by atoms with van der Waals surface area (Å²) in [6, 6.07) is 20.8. The van der Waals surface area contributed by atoms with Gasteiger partial charge in [0.25, 0.3) is 5.91 Å². The molecule has 162 valence electrons. The fraction of sp³-hybridized carbons (Fsp3) is 0.160. The Morgan fingerprint density at radius 1 is 0.906 bits per heavy atom. The second kappa shape index (κ2) is 9.43. The quantitative estimate of drug-likeness (QED) is 0.469. The van der Waals surface area contributed by atoms with Gasteiger partial charge in [-0.3, -0.25) is 9.59 Å². The molecule has 0 unspecified atom stereocenters. The highest BCUT2D eigenvalue weighted by Crippen LogP contribution is 2.16. The number of hydrogen-bond donors (Lipinski definition) is 2. The molecule has 0 spiro atoms. The molecule has 7 heteroatoms. The number of nitrogens with zero attached hydrogens (tertiary/aromatic N) is 2. The number of amides is 2. The molecule has 0 radical (unpaired) electrons. The lowest BCUT2D eigenvalue weighted by Crippen LogP contribution is -2.29. The molecule has 6 nitrogen and oxygen atoms in total. The summed E-state index contributed by atoms with van der Waals surface area (Å²) in [5, 5.41) is 5.73. The molecule has 32 heavy (non-hydrogen) atoms. The van der Waals surface area contributed by atoms with E-state index in [4.69, 9.17) is 0 Å². The van der Waals surface area contributed by atoms with E-state index in [1.165, 1.54) is 12.1 Å². The second-order valence-electron chi connectivity index (χ2n) is 7.55. The van der Waals surface area contributed by atoms with Crippen LogP contribution in [-0.4, -0.2) is 21.4 Å². The molecule has 0 atom stereocenters. The van der Waals surface area contributed by atoms with Crippen LogP contribution in [0.25, 0.3) is 11.0 Å². The van der Waals surface area contributed by atoms with Gasteiger partial charge in [-0.25, -0.2) is 9.37 Å². The normalized spacial score (nSPS) is 10.8. The van der Waals surface area contributed by atoms with Gasteiger partial charge >= 0.3 is 0 Å². The van der Waals surface area contributed by atoms with Crippen LogP contribution in [0.1, 0.15) is 27.3 Å². The van der Waals surface area contributed by atoms with Gasteiger partial charge in [-0.05, 0) is 48.9 Å². The summed E-state index contributed by atoms with van der Waals surface area (Å²) < 4.78 is 14.9. The van der Waals surface area contributed by atoms with Crippen molar-refractivity contribution in [2.24, 2.45) is 0 Å². The molecule has 0 saturated heterocycles. The van der Waals surface area contributed by atoms with E-state index in [2.05, 4.69) is 15.6 Å². The average molecular weight is 430 g/mol. The van der Waals surface area contributed by atoms with E-state index in [-0.39, 0.29) is 30.7 Å². The van der Waals surface area contributed by atoms with Crippen molar-refractivity contribution in [3.05, 3.63) is 101 Å². The Balaban J connectivity index is 1.47. The minimum atomic E-state index is -0.317. The van der Waals surface area contributed by atoms with Crippen molar-refractivity contribution in [1.82, 2.24) is 20.2 Å². The summed E-state index contributed by atoms with van der Waals surface area (Å²) in [6.07, 6.45) is 0. The number of rotatable bonds is 7. The fourth-order valence-electron chi connectivity index (χ4n) is 3.41. The van der Waals surface area contributed by atoms with E-state index < -0.39 is 0 Å². The smallest absolute Gasteiger partial charge is 0.251 e. The Bertz CT molecular complexity index is 1250. The number of nitrogens with one attached hydrogen (secondary N) is 2. The molecule has 3 aromatic carbocycles. The van der Waals surface area contributed by atoms with Crippen LogP contribution < -0.4 is 10.6 Å². The van der Waals surface area contributed by atoms with E-state index in [1.54, 1.807) is 28.8 Å². The SMILES string of the molecule is Cc1ccc(C(=O)NCc2nc3ccccc3n2CC(=O)NCc2ccc(F)cc2)cc1. The molecule has 1 heterocycles. The summed E-state index contributed by atoms with van der Waals surface area (Å²) in [4.78, 5) is 29.7. The first-order valence-electron chi connectivity index (χ1n) is 10.3. The largest absolute Gasteiger partial charge is 0.350 e. The highest BCUT2D eigenvalue weighted by Gasteiger charge is 2.15. The Morgan fingerprint density at radius 3 is 2.38 bits per heavy atom. The maximum atomic E-state index is 13.1. The van der Waals surface area contributed by atoms with E-state index in [1.807, 2.05) is 43.3 Å². The van der Waals surface area contributed by atoms with E-state index in [9.17, 15) is 14.0 Å². The molecule has 2 amide bonds. The lowest BCUT2D eigenvalue weighted by molar-refractivity contribution is -0.121. The zero-order valence-corrected chi connectivity index (χ0v) is 17.6. The number of carbonyl (C=O) groups excluding carboxylic acids is 2. The molecule has 4 aromatic rings. The summed E-state index contributed by atoms with van der Waals surface area (Å²) in [5.74, 6) is -0.140. The van der Waals surface area contributed by atoms with Crippen molar-refractivity contribution >= 4 is 22.8 Å². The number of benzene rings is 3. The lowest BCUT2D eigenvalue weighted by Gasteiger charge is -2.11. The summed E-state index contributed by atoms with van der Waals surface area (Å²) in [5.41, 5.74) is 4.01. The third kappa shape index (κ3) is 5.00. The summed E-state index contributed by atoms with van der Waals surface area (Å²) in [7, 11) is 0. The number of fused-ring (bicyclic) bond motifs is 1. The first kappa shape index (κ1) is 21.2. The molecule has 4 rings (SSSR count). The Morgan fingerprint density at radius 2 is 1.62 bits per heavy atom. The summed E-state index contributed by atoms with van der Waals surface area (Å²) >= 11 is 0. The molecular formula is C25H23FN4O2. The molecule has 0 bridgehead atoms. The molecular weight excluding hydrogens is 407 g/mol. The number of para-hydroxylation sites is 2. The molecule has 0 aliphatic carbocycles. The van der Waals surface area contributed by atoms with Crippen LogP contribution in [-0.2, 0) is 24.4 Å². The topological polar surface area (TPSA) is 76.0 Å². The number of carbonyl (C=O) groups is 2. The van der Waals surface area contributed by atoms with E-state index in [0.717, 1.165) is 22.2 Å². The van der Waals surface area contributed by atoms with Gasteiger partial charge in [-0.1, -0.05) is 42.0 Å². The van der Waals surface area contributed by atoms with Crippen LogP contribution in [0.4, 0.5) is 4.39 Å². The average Bonchev–Trinajstić information content (AvgIpc) is 3.15. The monoisotopic (exact) mass is 430 g/mol. The van der Waals surface area contributed by atoms with Crippen LogP contribution >= 0.6 is 0 Å². The first-order valence-corrected chi connectivity index (χ1v) is 10.3. The minimum Gasteiger partial charge on any atom is -0.350 e. The van der Waals surface area contributed by atoms with Gasteiger partial charge in [-0.15, -0.1) is 0 Å². The third-order valence-corrected chi connectivity index (χ3v) is 5.16. The van der Waals surface area contributed by atoms with E-state index in [0.29, 0.717) is 17.9 Å². The highest BCUT2D eigenvalue weighted by atomic mass is 19.1. The van der Waals surface area contributed by atoms with Gasteiger partial charge in [0.2, 0.25) is 5.91 Å². The van der Waals surface area contributed by atoms with Crippen molar-refractivity contribution in [3.8, 4) is 0 Å². The standard InChI is InChI=1S/C25H23FN4O2/c1-17-6-10-19(11-7-17)25(32)28-15-23-29-21-4-2-3-5-22(21)30(23)16-24(31)27-14-18-8-12-20(26)13-9-18/h2-13H,14-16H2,1H3,(H,27,31)(H,28,32).